The highest BCUT2D eigenvalue weighted by atomic mass is 16.6. The molecule has 3 aromatic heterocycles. The Hall–Kier alpha value is -3.03. The van der Waals surface area contributed by atoms with Crippen LogP contribution in [0.1, 0.15) is 5.82 Å². The van der Waals surface area contributed by atoms with Crippen LogP contribution in [0.25, 0.3) is 11.5 Å². The van der Waals surface area contributed by atoms with Crippen molar-refractivity contribution >= 4 is 6.09 Å². The first-order valence-corrected chi connectivity index (χ1v) is 6.66. The van der Waals surface area contributed by atoms with E-state index in [9.17, 15) is 4.79 Å². The summed E-state index contributed by atoms with van der Waals surface area (Å²) in [5, 5.41) is 6.28. The number of aryl methyl sites for hydroxylation is 1. The monoisotopic (exact) mass is 302 g/mol. The molecule has 0 radical (unpaired) electrons. The number of imidazole rings is 1. The normalized spacial score (nSPS) is 10.6. The van der Waals surface area contributed by atoms with Crippen molar-refractivity contribution in [3.05, 3.63) is 42.7 Å². The maximum absolute atomic E-state index is 11.7. The van der Waals surface area contributed by atoms with Crippen molar-refractivity contribution in [2.24, 2.45) is 0 Å². The van der Waals surface area contributed by atoms with E-state index in [0.29, 0.717) is 24.6 Å². The van der Waals surface area contributed by atoms with Gasteiger partial charge in [-0.15, -0.1) is 0 Å². The number of furan rings is 1. The van der Waals surface area contributed by atoms with Gasteiger partial charge >= 0.3 is 6.09 Å². The van der Waals surface area contributed by atoms with Crippen molar-refractivity contribution < 1.29 is 18.5 Å². The highest BCUT2D eigenvalue weighted by Crippen LogP contribution is 2.23. The first kappa shape index (κ1) is 13.9. The molecule has 0 spiro atoms. The summed E-state index contributed by atoms with van der Waals surface area (Å²) in [6, 6.07) is 4.93. The number of aromatic nitrogens is 3. The Morgan fingerprint density at radius 1 is 1.45 bits per heavy atom. The molecule has 1 amide bonds. The second-order valence-electron chi connectivity index (χ2n) is 4.49. The quantitative estimate of drug-likeness (QED) is 0.776. The summed E-state index contributed by atoms with van der Waals surface area (Å²) >= 11 is 0. The summed E-state index contributed by atoms with van der Waals surface area (Å²) < 4.78 is 17.1. The minimum absolute atomic E-state index is 0.0720. The Balaban J connectivity index is 1.49. The number of carbonyl (C=O) groups is 1. The molecule has 0 bridgehead atoms. The van der Waals surface area contributed by atoms with Gasteiger partial charge < -0.3 is 23.6 Å². The molecule has 0 aliphatic carbocycles. The summed E-state index contributed by atoms with van der Waals surface area (Å²) in [7, 11) is 0. The van der Waals surface area contributed by atoms with Crippen LogP contribution < -0.4 is 10.1 Å². The van der Waals surface area contributed by atoms with E-state index >= 15 is 0 Å². The van der Waals surface area contributed by atoms with Crippen molar-refractivity contribution in [3.8, 4) is 17.4 Å². The van der Waals surface area contributed by atoms with Gasteiger partial charge in [0.2, 0.25) is 5.76 Å². The maximum atomic E-state index is 11.7. The standard InChI is InChI=1S/C14H14N4O4/c1-10-15-4-6-18(10)7-5-16-14(19)21-13-9-12(22-17-13)11-3-2-8-20-11/h2-4,6,8-9H,5,7H2,1H3,(H,16,19). The van der Waals surface area contributed by atoms with Gasteiger partial charge in [-0.1, -0.05) is 0 Å². The summed E-state index contributed by atoms with van der Waals surface area (Å²) in [6.07, 6.45) is 4.47. The predicted molar refractivity (Wildman–Crippen MR) is 75.2 cm³/mol. The fourth-order valence-corrected chi connectivity index (χ4v) is 1.89. The topological polar surface area (TPSA) is 95.3 Å². The van der Waals surface area contributed by atoms with Crippen LogP contribution in [0, 0.1) is 6.92 Å². The molecule has 3 heterocycles. The number of hydrogen-bond donors (Lipinski definition) is 1. The number of hydrogen-bond acceptors (Lipinski definition) is 6. The smallest absolute Gasteiger partial charge is 0.414 e. The minimum Gasteiger partial charge on any atom is -0.461 e. The minimum atomic E-state index is -0.600. The number of rotatable bonds is 5. The second kappa shape index (κ2) is 6.17. The van der Waals surface area contributed by atoms with Gasteiger partial charge in [-0.2, -0.15) is 0 Å². The zero-order valence-electron chi connectivity index (χ0n) is 11.9. The lowest BCUT2D eigenvalue weighted by Gasteiger charge is -2.06. The second-order valence-corrected chi connectivity index (χ2v) is 4.49. The molecule has 0 unspecified atom stereocenters. The van der Waals surface area contributed by atoms with Crippen LogP contribution >= 0.6 is 0 Å². The number of ether oxygens (including phenoxy) is 1. The Morgan fingerprint density at radius 3 is 3.09 bits per heavy atom. The molecule has 0 fully saturated rings. The molecule has 8 heteroatoms. The molecular formula is C14H14N4O4. The molecular weight excluding hydrogens is 288 g/mol. The highest BCUT2D eigenvalue weighted by molar-refractivity contribution is 5.70. The Morgan fingerprint density at radius 2 is 2.36 bits per heavy atom. The van der Waals surface area contributed by atoms with E-state index in [-0.39, 0.29) is 5.88 Å². The molecule has 0 atom stereocenters. The van der Waals surface area contributed by atoms with Gasteiger partial charge in [0.05, 0.1) is 12.3 Å². The Labute approximate surface area is 125 Å². The number of nitrogens with zero attached hydrogens (tertiary/aromatic N) is 3. The fourth-order valence-electron chi connectivity index (χ4n) is 1.89. The van der Waals surface area contributed by atoms with Crippen LogP contribution in [0.15, 0.2) is 45.8 Å². The molecule has 0 saturated carbocycles. The first-order chi connectivity index (χ1) is 10.7. The fraction of sp³-hybridized carbons (Fsp3) is 0.214. The van der Waals surface area contributed by atoms with Crippen LogP contribution in [0.3, 0.4) is 0 Å². The van der Waals surface area contributed by atoms with Gasteiger partial charge in [-0.3, -0.25) is 0 Å². The van der Waals surface area contributed by atoms with Gasteiger partial charge in [-0.25, -0.2) is 9.78 Å². The molecule has 8 nitrogen and oxygen atoms in total. The van der Waals surface area contributed by atoms with Crippen LogP contribution in [-0.2, 0) is 6.54 Å². The van der Waals surface area contributed by atoms with E-state index in [1.807, 2.05) is 17.7 Å². The average Bonchev–Trinajstić information content (AvgIpc) is 3.21. The largest absolute Gasteiger partial charge is 0.461 e. The van der Waals surface area contributed by atoms with E-state index in [1.165, 1.54) is 12.3 Å². The van der Waals surface area contributed by atoms with E-state index < -0.39 is 6.09 Å². The van der Waals surface area contributed by atoms with Crippen molar-refractivity contribution in [2.45, 2.75) is 13.5 Å². The molecule has 0 aliphatic rings. The SMILES string of the molecule is Cc1nccn1CCNC(=O)Oc1cc(-c2ccco2)on1. The van der Waals surface area contributed by atoms with Crippen LogP contribution in [-0.4, -0.2) is 27.3 Å². The van der Waals surface area contributed by atoms with Gasteiger partial charge in [0.15, 0.2) is 5.76 Å². The molecule has 0 aromatic carbocycles. The van der Waals surface area contributed by atoms with Crippen molar-refractivity contribution in [3.63, 3.8) is 0 Å². The van der Waals surface area contributed by atoms with Crippen LogP contribution in [0.2, 0.25) is 0 Å². The third-order valence-electron chi connectivity index (χ3n) is 3.00. The van der Waals surface area contributed by atoms with E-state index in [4.69, 9.17) is 13.7 Å². The molecule has 22 heavy (non-hydrogen) atoms. The van der Waals surface area contributed by atoms with Gasteiger partial charge in [0.1, 0.15) is 5.82 Å². The zero-order chi connectivity index (χ0) is 15.4. The van der Waals surface area contributed by atoms with Gasteiger partial charge in [0, 0.05) is 25.5 Å². The van der Waals surface area contributed by atoms with E-state index in [1.54, 1.807) is 18.3 Å². The van der Waals surface area contributed by atoms with Crippen molar-refractivity contribution in [2.75, 3.05) is 6.54 Å². The average molecular weight is 302 g/mol. The molecule has 1 N–H and O–H groups in total. The van der Waals surface area contributed by atoms with Crippen LogP contribution in [0.5, 0.6) is 5.88 Å². The van der Waals surface area contributed by atoms with E-state index in [2.05, 4.69) is 15.5 Å². The first-order valence-electron chi connectivity index (χ1n) is 6.66. The van der Waals surface area contributed by atoms with Gasteiger partial charge in [-0.05, 0) is 24.2 Å². The Bertz CT molecular complexity index is 745. The number of amides is 1. The summed E-state index contributed by atoms with van der Waals surface area (Å²) in [5.74, 6) is 1.86. The molecule has 0 saturated heterocycles. The lowest BCUT2D eigenvalue weighted by Crippen LogP contribution is -2.30. The number of nitrogens with one attached hydrogen (secondary N) is 1. The molecule has 3 rings (SSSR count). The van der Waals surface area contributed by atoms with E-state index in [0.717, 1.165) is 5.82 Å². The zero-order valence-corrected chi connectivity index (χ0v) is 11.9. The van der Waals surface area contributed by atoms with Crippen molar-refractivity contribution in [1.82, 2.24) is 20.0 Å². The van der Waals surface area contributed by atoms with Crippen LogP contribution in [0.4, 0.5) is 4.79 Å². The summed E-state index contributed by atoms with van der Waals surface area (Å²) in [5.41, 5.74) is 0. The number of carbonyl (C=O) groups excluding carboxylic acids is 1. The molecule has 0 aliphatic heterocycles. The third kappa shape index (κ3) is 3.17. The lowest BCUT2D eigenvalue weighted by molar-refractivity contribution is 0.195. The third-order valence-corrected chi connectivity index (χ3v) is 3.00. The highest BCUT2D eigenvalue weighted by Gasteiger charge is 2.12. The van der Waals surface area contributed by atoms with Crippen molar-refractivity contribution in [1.29, 1.82) is 0 Å². The van der Waals surface area contributed by atoms with Gasteiger partial charge in [0.25, 0.3) is 5.88 Å². The predicted octanol–water partition coefficient (Wildman–Crippen LogP) is 2.23. The summed E-state index contributed by atoms with van der Waals surface area (Å²) in [4.78, 5) is 15.8. The lowest BCUT2D eigenvalue weighted by atomic mass is 10.3. The summed E-state index contributed by atoms with van der Waals surface area (Å²) in [6.45, 7) is 2.92. The molecule has 3 aromatic rings. The Kier molecular flexibility index (Phi) is 3.90. The molecule has 114 valence electrons. The maximum Gasteiger partial charge on any atom is 0.414 e.